The molecule has 0 amide bonds. The van der Waals surface area contributed by atoms with Crippen molar-refractivity contribution >= 4 is 23.6 Å². The molecule has 1 aliphatic carbocycles. The number of Topliss-reactive ketones (excluding diaryl/α,β-unsaturated/α-hetero) is 2. The highest BCUT2D eigenvalue weighted by molar-refractivity contribution is 6.15. The number of ketones is 2. The third kappa shape index (κ3) is 2.11. The Labute approximate surface area is 113 Å². The Bertz CT molecular complexity index is 627. The minimum absolute atomic E-state index is 0.141. The molecule has 2 rings (SSSR count). The van der Waals surface area contributed by atoms with Gasteiger partial charge in [-0.25, -0.2) is 9.59 Å². The standard InChI is InChI=1S/C13H13NO6/c1-6(15)7-3-2-4-9-10(11(7)16)8(12(17)18)5-14(9)13(19)20/h5,7H,2-4H2,1H3,(H,17,18)(H,19,20). The summed E-state index contributed by atoms with van der Waals surface area (Å²) in [5, 5.41) is 18.2. The van der Waals surface area contributed by atoms with Crippen molar-refractivity contribution in [2.75, 3.05) is 0 Å². The number of carboxylic acid groups (broad SMARTS) is 2. The summed E-state index contributed by atoms with van der Waals surface area (Å²) in [5.41, 5.74) is -0.346. The van der Waals surface area contributed by atoms with Gasteiger partial charge in [0.25, 0.3) is 0 Å². The number of hydrogen-bond acceptors (Lipinski definition) is 4. The Kier molecular flexibility index (Phi) is 3.44. The van der Waals surface area contributed by atoms with Crippen LogP contribution in [-0.4, -0.2) is 38.4 Å². The maximum atomic E-state index is 12.3. The fourth-order valence-electron chi connectivity index (χ4n) is 2.57. The van der Waals surface area contributed by atoms with E-state index in [1.165, 1.54) is 6.92 Å². The van der Waals surface area contributed by atoms with Gasteiger partial charge in [0, 0.05) is 11.9 Å². The zero-order valence-corrected chi connectivity index (χ0v) is 10.8. The van der Waals surface area contributed by atoms with Crippen LogP contribution in [0.1, 0.15) is 46.2 Å². The molecule has 1 atom stereocenters. The van der Waals surface area contributed by atoms with Crippen molar-refractivity contribution in [3.63, 3.8) is 0 Å². The molecule has 0 spiro atoms. The number of aromatic carboxylic acids is 1. The number of carbonyl (C=O) groups excluding carboxylic acids is 2. The largest absolute Gasteiger partial charge is 0.478 e. The predicted molar refractivity (Wildman–Crippen MR) is 66.3 cm³/mol. The molecular formula is C13H13NO6. The summed E-state index contributed by atoms with van der Waals surface area (Å²) < 4.78 is 0.763. The molecule has 0 saturated heterocycles. The fraction of sp³-hybridized carbons (Fsp3) is 0.385. The zero-order valence-electron chi connectivity index (χ0n) is 10.8. The third-order valence-corrected chi connectivity index (χ3v) is 3.50. The van der Waals surface area contributed by atoms with Crippen LogP contribution < -0.4 is 0 Å². The molecule has 0 saturated carbocycles. The van der Waals surface area contributed by atoms with Crippen LogP contribution in [0.15, 0.2) is 6.20 Å². The van der Waals surface area contributed by atoms with Crippen molar-refractivity contribution in [3.05, 3.63) is 23.0 Å². The van der Waals surface area contributed by atoms with Crippen molar-refractivity contribution in [2.24, 2.45) is 5.92 Å². The van der Waals surface area contributed by atoms with Crippen LogP contribution in [-0.2, 0) is 11.2 Å². The quantitative estimate of drug-likeness (QED) is 0.625. The Morgan fingerprint density at radius 1 is 1.30 bits per heavy atom. The molecule has 1 aromatic rings. The Balaban J connectivity index is 2.68. The zero-order chi connectivity index (χ0) is 15.0. The topological polar surface area (TPSA) is 114 Å². The highest BCUT2D eigenvalue weighted by atomic mass is 16.4. The number of carboxylic acids is 1. The summed E-state index contributed by atoms with van der Waals surface area (Å²) in [4.78, 5) is 46.2. The number of fused-ring (bicyclic) bond motifs is 1. The van der Waals surface area contributed by atoms with Crippen molar-refractivity contribution in [1.82, 2.24) is 4.57 Å². The lowest BCUT2D eigenvalue weighted by Gasteiger charge is -2.08. The van der Waals surface area contributed by atoms with Crippen LogP contribution in [0.25, 0.3) is 0 Å². The van der Waals surface area contributed by atoms with E-state index in [4.69, 9.17) is 10.2 Å². The first-order valence-electron chi connectivity index (χ1n) is 6.10. The summed E-state index contributed by atoms with van der Waals surface area (Å²) in [5.74, 6) is -3.19. The molecule has 1 heterocycles. The van der Waals surface area contributed by atoms with Crippen molar-refractivity contribution in [3.8, 4) is 0 Å². The van der Waals surface area contributed by atoms with Gasteiger partial charge < -0.3 is 10.2 Å². The summed E-state index contributed by atoms with van der Waals surface area (Å²) in [6, 6.07) is 0. The summed E-state index contributed by atoms with van der Waals surface area (Å²) in [7, 11) is 0. The molecular weight excluding hydrogens is 266 g/mol. The van der Waals surface area contributed by atoms with E-state index in [0.29, 0.717) is 12.8 Å². The molecule has 106 valence electrons. The number of nitrogens with zero attached hydrogens (tertiary/aromatic N) is 1. The van der Waals surface area contributed by atoms with Crippen molar-refractivity contribution < 1.29 is 29.4 Å². The van der Waals surface area contributed by atoms with Gasteiger partial charge in [-0.05, 0) is 26.2 Å². The first kappa shape index (κ1) is 14.0. The molecule has 1 aliphatic rings. The van der Waals surface area contributed by atoms with E-state index in [0.717, 1.165) is 10.8 Å². The number of aromatic nitrogens is 1. The van der Waals surface area contributed by atoms with Gasteiger partial charge >= 0.3 is 12.1 Å². The van der Waals surface area contributed by atoms with Gasteiger partial charge in [-0.2, -0.15) is 0 Å². The van der Waals surface area contributed by atoms with Crippen LogP contribution in [0.3, 0.4) is 0 Å². The molecule has 20 heavy (non-hydrogen) atoms. The second-order valence-electron chi connectivity index (χ2n) is 4.74. The summed E-state index contributed by atoms with van der Waals surface area (Å²) in [6.45, 7) is 1.28. The molecule has 7 nitrogen and oxygen atoms in total. The lowest BCUT2D eigenvalue weighted by Crippen LogP contribution is -2.22. The molecule has 2 N–H and O–H groups in total. The van der Waals surface area contributed by atoms with Crippen LogP contribution in [0.5, 0.6) is 0 Å². The Hall–Kier alpha value is -2.44. The van der Waals surface area contributed by atoms with E-state index >= 15 is 0 Å². The van der Waals surface area contributed by atoms with Gasteiger partial charge in [0.15, 0.2) is 5.78 Å². The number of carbonyl (C=O) groups is 4. The van der Waals surface area contributed by atoms with Gasteiger partial charge in [0.1, 0.15) is 5.78 Å². The molecule has 1 aromatic heterocycles. The highest BCUT2D eigenvalue weighted by Gasteiger charge is 2.35. The molecule has 0 fully saturated rings. The van der Waals surface area contributed by atoms with E-state index in [1.807, 2.05) is 0 Å². The first-order chi connectivity index (χ1) is 9.34. The maximum Gasteiger partial charge on any atom is 0.415 e. The molecule has 0 radical (unpaired) electrons. The molecule has 0 bridgehead atoms. The predicted octanol–water partition coefficient (Wildman–Crippen LogP) is 1.44. The van der Waals surface area contributed by atoms with E-state index in [1.54, 1.807) is 0 Å². The van der Waals surface area contributed by atoms with Gasteiger partial charge in [0.05, 0.1) is 17.0 Å². The molecule has 0 aliphatic heterocycles. The van der Waals surface area contributed by atoms with E-state index < -0.39 is 23.8 Å². The number of rotatable bonds is 2. The molecule has 0 aromatic carbocycles. The highest BCUT2D eigenvalue weighted by Crippen LogP contribution is 2.29. The van der Waals surface area contributed by atoms with Crippen molar-refractivity contribution in [2.45, 2.75) is 26.2 Å². The van der Waals surface area contributed by atoms with Gasteiger partial charge in [-0.15, -0.1) is 0 Å². The number of hydrogen-bond donors (Lipinski definition) is 2. The second kappa shape index (κ2) is 4.92. The minimum atomic E-state index is -1.38. The Morgan fingerprint density at radius 2 is 1.95 bits per heavy atom. The summed E-state index contributed by atoms with van der Waals surface area (Å²) >= 11 is 0. The van der Waals surface area contributed by atoms with Crippen LogP contribution >= 0.6 is 0 Å². The van der Waals surface area contributed by atoms with Crippen LogP contribution in [0, 0.1) is 5.92 Å². The van der Waals surface area contributed by atoms with Crippen LogP contribution in [0.2, 0.25) is 0 Å². The SMILES string of the molecule is CC(=O)C1CCCc2c(c(C(=O)O)cn2C(=O)O)C1=O. The van der Waals surface area contributed by atoms with Crippen LogP contribution in [0.4, 0.5) is 4.79 Å². The third-order valence-electron chi connectivity index (χ3n) is 3.50. The monoisotopic (exact) mass is 279 g/mol. The van der Waals surface area contributed by atoms with Crippen molar-refractivity contribution in [1.29, 1.82) is 0 Å². The lowest BCUT2D eigenvalue weighted by molar-refractivity contribution is -0.119. The Morgan fingerprint density at radius 3 is 2.45 bits per heavy atom. The van der Waals surface area contributed by atoms with Gasteiger partial charge in [-0.3, -0.25) is 14.2 Å². The lowest BCUT2D eigenvalue weighted by atomic mass is 9.92. The average Bonchev–Trinajstić information content (AvgIpc) is 2.65. The molecule has 7 heteroatoms. The van der Waals surface area contributed by atoms with E-state index in [2.05, 4.69) is 0 Å². The normalized spacial score (nSPS) is 18.2. The van der Waals surface area contributed by atoms with E-state index in [-0.39, 0.29) is 29.0 Å². The summed E-state index contributed by atoms with van der Waals surface area (Å²) in [6.07, 6.45) is 0.601. The smallest absolute Gasteiger partial charge is 0.415 e. The van der Waals surface area contributed by atoms with E-state index in [9.17, 15) is 19.2 Å². The fourth-order valence-corrected chi connectivity index (χ4v) is 2.57. The minimum Gasteiger partial charge on any atom is -0.478 e. The maximum absolute atomic E-state index is 12.3. The van der Waals surface area contributed by atoms with Gasteiger partial charge in [0.2, 0.25) is 0 Å². The second-order valence-corrected chi connectivity index (χ2v) is 4.74. The first-order valence-corrected chi connectivity index (χ1v) is 6.10. The van der Waals surface area contributed by atoms with Gasteiger partial charge in [-0.1, -0.05) is 0 Å². The average molecular weight is 279 g/mol. The molecule has 1 unspecified atom stereocenters.